The lowest BCUT2D eigenvalue weighted by molar-refractivity contribution is 1.08. The average molecular weight is 326 g/mol. The predicted octanol–water partition coefficient (Wildman–Crippen LogP) is 4.61. The Morgan fingerprint density at radius 3 is 2.68 bits per heavy atom. The largest absolute Gasteiger partial charge is 0.365 e. The first-order valence-electron chi connectivity index (χ1n) is 8.26. The van der Waals surface area contributed by atoms with Crippen LogP contribution in [0.2, 0.25) is 0 Å². The SMILES string of the molecule is Cc1cccc(-c2nc(NCc3cccnc3)c3ccccc3n2)c1. The number of aryl methyl sites for hydroxylation is 1. The fourth-order valence-electron chi connectivity index (χ4n) is 2.81. The molecule has 0 unspecified atom stereocenters. The second-order valence-corrected chi connectivity index (χ2v) is 6.00. The summed E-state index contributed by atoms with van der Waals surface area (Å²) in [4.78, 5) is 13.7. The van der Waals surface area contributed by atoms with Crippen molar-refractivity contribution >= 4 is 16.7 Å². The molecule has 0 fully saturated rings. The van der Waals surface area contributed by atoms with Crippen LogP contribution in [0.5, 0.6) is 0 Å². The van der Waals surface area contributed by atoms with Crippen molar-refractivity contribution < 1.29 is 0 Å². The lowest BCUT2D eigenvalue weighted by Gasteiger charge is -2.11. The van der Waals surface area contributed by atoms with E-state index in [4.69, 9.17) is 9.97 Å². The Labute approximate surface area is 146 Å². The van der Waals surface area contributed by atoms with Crippen LogP contribution in [0.15, 0.2) is 73.1 Å². The number of nitrogens with one attached hydrogen (secondary N) is 1. The first kappa shape index (κ1) is 15.3. The molecule has 4 rings (SSSR count). The fraction of sp³-hybridized carbons (Fsp3) is 0.0952. The molecule has 25 heavy (non-hydrogen) atoms. The van der Waals surface area contributed by atoms with Crippen molar-refractivity contribution in [3.8, 4) is 11.4 Å². The lowest BCUT2D eigenvalue weighted by Crippen LogP contribution is -2.04. The van der Waals surface area contributed by atoms with E-state index in [0.29, 0.717) is 6.54 Å². The smallest absolute Gasteiger partial charge is 0.162 e. The molecule has 0 saturated heterocycles. The number of anilines is 1. The maximum Gasteiger partial charge on any atom is 0.162 e. The zero-order valence-corrected chi connectivity index (χ0v) is 14.0. The third-order valence-corrected chi connectivity index (χ3v) is 4.06. The molecule has 0 saturated carbocycles. The molecule has 0 aliphatic heterocycles. The Hall–Kier alpha value is -3.27. The van der Waals surface area contributed by atoms with E-state index in [9.17, 15) is 0 Å². The Kier molecular flexibility index (Phi) is 4.09. The quantitative estimate of drug-likeness (QED) is 0.595. The van der Waals surface area contributed by atoms with Crippen molar-refractivity contribution in [2.45, 2.75) is 13.5 Å². The molecule has 0 aliphatic carbocycles. The summed E-state index contributed by atoms with van der Waals surface area (Å²) in [7, 11) is 0. The van der Waals surface area contributed by atoms with Gasteiger partial charge in [-0.1, -0.05) is 42.0 Å². The average Bonchev–Trinajstić information content (AvgIpc) is 2.67. The van der Waals surface area contributed by atoms with Crippen molar-refractivity contribution in [3.05, 3.63) is 84.2 Å². The Morgan fingerprint density at radius 2 is 1.84 bits per heavy atom. The van der Waals surface area contributed by atoms with Crippen LogP contribution in [0, 0.1) is 6.92 Å². The van der Waals surface area contributed by atoms with Crippen molar-refractivity contribution in [1.82, 2.24) is 15.0 Å². The standard InChI is InChI=1S/C21H18N4/c1-15-6-4-8-17(12-15)20-24-19-10-3-2-9-18(19)21(25-20)23-14-16-7-5-11-22-13-16/h2-13H,14H2,1H3,(H,23,24,25). The highest BCUT2D eigenvalue weighted by molar-refractivity contribution is 5.90. The van der Waals surface area contributed by atoms with Gasteiger partial charge in [-0.25, -0.2) is 9.97 Å². The maximum atomic E-state index is 4.78. The molecule has 2 heterocycles. The summed E-state index contributed by atoms with van der Waals surface area (Å²) in [6, 6.07) is 20.3. The van der Waals surface area contributed by atoms with E-state index in [2.05, 4.69) is 29.4 Å². The van der Waals surface area contributed by atoms with Gasteiger partial charge in [0.2, 0.25) is 0 Å². The second kappa shape index (κ2) is 6.69. The summed E-state index contributed by atoms with van der Waals surface area (Å²) in [5.41, 5.74) is 4.26. The van der Waals surface area contributed by atoms with Gasteiger partial charge in [-0.15, -0.1) is 0 Å². The molecule has 1 N–H and O–H groups in total. The van der Waals surface area contributed by atoms with Crippen LogP contribution >= 0.6 is 0 Å². The number of hydrogen-bond donors (Lipinski definition) is 1. The number of rotatable bonds is 4. The molecule has 2 aromatic carbocycles. The Bertz CT molecular complexity index is 1010. The molecule has 2 aromatic heterocycles. The Morgan fingerprint density at radius 1 is 0.920 bits per heavy atom. The third-order valence-electron chi connectivity index (χ3n) is 4.06. The summed E-state index contributed by atoms with van der Waals surface area (Å²) in [5, 5.41) is 4.45. The van der Waals surface area contributed by atoms with E-state index < -0.39 is 0 Å². The van der Waals surface area contributed by atoms with Gasteiger partial charge in [0.1, 0.15) is 5.82 Å². The molecule has 4 heteroatoms. The number of aromatic nitrogens is 3. The summed E-state index contributed by atoms with van der Waals surface area (Å²) in [6.45, 7) is 2.74. The van der Waals surface area contributed by atoms with Gasteiger partial charge in [0.05, 0.1) is 5.52 Å². The zero-order chi connectivity index (χ0) is 17.1. The van der Waals surface area contributed by atoms with Crippen LogP contribution in [0.4, 0.5) is 5.82 Å². The monoisotopic (exact) mass is 326 g/mol. The molecule has 0 aliphatic rings. The highest BCUT2D eigenvalue weighted by Gasteiger charge is 2.09. The van der Waals surface area contributed by atoms with Gasteiger partial charge in [-0.05, 0) is 36.8 Å². The lowest BCUT2D eigenvalue weighted by atomic mass is 10.1. The minimum absolute atomic E-state index is 0.669. The van der Waals surface area contributed by atoms with Crippen molar-refractivity contribution in [2.75, 3.05) is 5.32 Å². The molecule has 0 atom stereocenters. The summed E-state index contributed by atoms with van der Waals surface area (Å²) < 4.78 is 0. The molecular formula is C21H18N4. The van der Waals surface area contributed by atoms with Gasteiger partial charge in [0, 0.05) is 29.9 Å². The molecule has 122 valence electrons. The van der Waals surface area contributed by atoms with Crippen LogP contribution in [0.25, 0.3) is 22.3 Å². The van der Waals surface area contributed by atoms with Crippen LogP contribution in [0.3, 0.4) is 0 Å². The maximum absolute atomic E-state index is 4.78. The van der Waals surface area contributed by atoms with Gasteiger partial charge in [-0.2, -0.15) is 0 Å². The second-order valence-electron chi connectivity index (χ2n) is 6.00. The number of hydrogen-bond acceptors (Lipinski definition) is 4. The van der Waals surface area contributed by atoms with Crippen LogP contribution in [0.1, 0.15) is 11.1 Å². The molecule has 0 spiro atoms. The molecule has 0 bridgehead atoms. The number of fused-ring (bicyclic) bond motifs is 1. The number of benzene rings is 2. The highest BCUT2D eigenvalue weighted by Crippen LogP contribution is 2.25. The fourth-order valence-corrected chi connectivity index (χ4v) is 2.81. The van der Waals surface area contributed by atoms with Crippen LogP contribution in [-0.4, -0.2) is 15.0 Å². The number of para-hydroxylation sites is 1. The summed E-state index contributed by atoms with van der Waals surface area (Å²) in [6.07, 6.45) is 3.64. The number of nitrogens with zero attached hydrogens (tertiary/aromatic N) is 3. The van der Waals surface area contributed by atoms with Gasteiger partial charge in [0.15, 0.2) is 5.82 Å². The first-order chi connectivity index (χ1) is 12.3. The van der Waals surface area contributed by atoms with Crippen LogP contribution in [-0.2, 0) is 6.54 Å². The van der Waals surface area contributed by atoms with Gasteiger partial charge in [-0.3, -0.25) is 4.98 Å². The van der Waals surface area contributed by atoms with E-state index in [1.165, 1.54) is 5.56 Å². The van der Waals surface area contributed by atoms with Gasteiger partial charge >= 0.3 is 0 Å². The van der Waals surface area contributed by atoms with E-state index >= 15 is 0 Å². The van der Waals surface area contributed by atoms with Gasteiger partial charge < -0.3 is 5.32 Å². The number of pyridine rings is 1. The van der Waals surface area contributed by atoms with Gasteiger partial charge in [0.25, 0.3) is 0 Å². The van der Waals surface area contributed by atoms with E-state index in [1.807, 2.05) is 54.7 Å². The predicted molar refractivity (Wildman–Crippen MR) is 101 cm³/mol. The third kappa shape index (κ3) is 3.33. The van der Waals surface area contributed by atoms with E-state index in [-0.39, 0.29) is 0 Å². The molecule has 4 nitrogen and oxygen atoms in total. The van der Waals surface area contributed by atoms with Crippen molar-refractivity contribution in [3.63, 3.8) is 0 Å². The van der Waals surface area contributed by atoms with E-state index in [1.54, 1.807) is 6.20 Å². The molecule has 0 radical (unpaired) electrons. The first-order valence-corrected chi connectivity index (χ1v) is 8.26. The highest BCUT2D eigenvalue weighted by atomic mass is 15.0. The summed E-state index contributed by atoms with van der Waals surface area (Å²) >= 11 is 0. The Balaban J connectivity index is 1.76. The summed E-state index contributed by atoms with van der Waals surface area (Å²) in [5.74, 6) is 1.57. The minimum Gasteiger partial charge on any atom is -0.365 e. The zero-order valence-electron chi connectivity index (χ0n) is 14.0. The van der Waals surface area contributed by atoms with Crippen molar-refractivity contribution in [2.24, 2.45) is 0 Å². The topological polar surface area (TPSA) is 50.7 Å². The molecule has 0 amide bonds. The van der Waals surface area contributed by atoms with Crippen LogP contribution < -0.4 is 5.32 Å². The molecular weight excluding hydrogens is 308 g/mol. The molecule has 4 aromatic rings. The van der Waals surface area contributed by atoms with Crippen molar-refractivity contribution in [1.29, 1.82) is 0 Å². The van der Waals surface area contributed by atoms with E-state index in [0.717, 1.165) is 33.7 Å². The minimum atomic E-state index is 0.669. The normalized spacial score (nSPS) is 10.8.